The molecule has 0 amide bonds. The van der Waals surface area contributed by atoms with Crippen LogP contribution < -0.4 is 0 Å². The molecule has 12 aromatic rings. The molecule has 0 aliphatic carbocycles. The Morgan fingerprint density at radius 2 is 1.04 bits per heavy atom. The highest BCUT2D eigenvalue weighted by molar-refractivity contribution is 6.18. The van der Waals surface area contributed by atoms with Crippen LogP contribution in [0.5, 0.6) is 0 Å². The molecule has 1 N–H and O–H groups in total. The maximum atomic E-state index is 6.47. The first-order valence-electron chi connectivity index (χ1n) is 18.9. The molecule has 0 saturated heterocycles. The number of benzene rings is 9. The lowest BCUT2D eigenvalue weighted by Crippen LogP contribution is -2.02. The van der Waals surface area contributed by atoms with Crippen molar-refractivity contribution in [2.75, 3.05) is 0 Å². The third kappa shape index (κ3) is 4.64. The molecular formula is C51H30N4O. The number of H-pyrrole nitrogens is 1. The van der Waals surface area contributed by atoms with Crippen LogP contribution in [-0.4, -0.2) is 19.9 Å². The number of nitrogens with zero attached hydrogens (tertiary/aromatic N) is 3. The van der Waals surface area contributed by atoms with E-state index in [0.29, 0.717) is 17.5 Å². The van der Waals surface area contributed by atoms with Crippen LogP contribution in [0.25, 0.3) is 121 Å². The molecule has 0 aliphatic heterocycles. The number of para-hydroxylation sites is 2. The number of hydrogen-bond acceptors (Lipinski definition) is 4. The summed E-state index contributed by atoms with van der Waals surface area (Å²) in [6, 6.07) is 61.6. The largest absolute Gasteiger partial charge is 0.456 e. The summed E-state index contributed by atoms with van der Waals surface area (Å²) < 4.78 is 6.47. The summed E-state index contributed by atoms with van der Waals surface area (Å²) in [5.74, 6) is 1.79. The fourth-order valence-electron chi connectivity index (χ4n) is 8.70. The van der Waals surface area contributed by atoms with E-state index in [-0.39, 0.29) is 0 Å². The molecule has 0 radical (unpaired) electrons. The second-order valence-electron chi connectivity index (χ2n) is 14.4. The normalized spacial score (nSPS) is 11.9. The molecule has 5 heteroatoms. The van der Waals surface area contributed by atoms with Gasteiger partial charge in [0.1, 0.15) is 11.2 Å². The molecular weight excluding hydrogens is 685 g/mol. The highest BCUT2D eigenvalue weighted by Gasteiger charge is 2.23. The lowest BCUT2D eigenvalue weighted by Gasteiger charge is -2.14. The molecule has 260 valence electrons. The van der Waals surface area contributed by atoms with Crippen LogP contribution in [0, 0.1) is 0 Å². The van der Waals surface area contributed by atoms with Crippen molar-refractivity contribution in [1.29, 1.82) is 0 Å². The minimum absolute atomic E-state index is 0.586. The van der Waals surface area contributed by atoms with Gasteiger partial charge in [-0.3, -0.25) is 0 Å². The number of furan rings is 1. The fraction of sp³-hybridized carbons (Fsp3) is 0. The fourth-order valence-corrected chi connectivity index (χ4v) is 8.70. The first-order valence-corrected chi connectivity index (χ1v) is 18.9. The molecule has 5 nitrogen and oxygen atoms in total. The Morgan fingerprint density at radius 3 is 1.93 bits per heavy atom. The van der Waals surface area contributed by atoms with Crippen molar-refractivity contribution in [2.45, 2.75) is 0 Å². The molecule has 3 heterocycles. The zero-order chi connectivity index (χ0) is 36.7. The van der Waals surface area contributed by atoms with Crippen molar-refractivity contribution in [1.82, 2.24) is 19.9 Å². The van der Waals surface area contributed by atoms with Crippen molar-refractivity contribution >= 4 is 76.1 Å². The summed E-state index contributed by atoms with van der Waals surface area (Å²) in [5.41, 5.74) is 8.57. The number of aromatic nitrogens is 4. The van der Waals surface area contributed by atoms with Gasteiger partial charge in [-0.1, -0.05) is 140 Å². The summed E-state index contributed by atoms with van der Waals surface area (Å²) in [4.78, 5) is 19.7. The van der Waals surface area contributed by atoms with Crippen molar-refractivity contribution in [3.05, 3.63) is 176 Å². The third-order valence-corrected chi connectivity index (χ3v) is 11.3. The first kappa shape index (κ1) is 30.8. The molecule has 12 rings (SSSR count). The van der Waals surface area contributed by atoms with E-state index in [4.69, 9.17) is 19.4 Å². The van der Waals surface area contributed by atoms with Crippen LogP contribution in [-0.2, 0) is 0 Å². The van der Waals surface area contributed by atoms with Crippen LogP contribution in [0.2, 0.25) is 0 Å². The Morgan fingerprint density at radius 1 is 0.357 bits per heavy atom. The molecule has 9 aromatic carbocycles. The third-order valence-electron chi connectivity index (χ3n) is 11.3. The summed E-state index contributed by atoms with van der Waals surface area (Å²) in [5, 5.41) is 11.5. The van der Waals surface area contributed by atoms with Crippen LogP contribution in [0.4, 0.5) is 0 Å². The molecule has 56 heavy (non-hydrogen) atoms. The van der Waals surface area contributed by atoms with E-state index in [2.05, 4.69) is 163 Å². The van der Waals surface area contributed by atoms with Gasteiger partial charge in [0.15, 0.2) is 17.5 Å². The van der Waals surface area contributed by atoms with Gasteiger partial charge in [-0.2, -0.15) is 0 Å². The molecule has 0 spiro atoms. The summed E-state index contributed by atoms with van der Waals surface area (Å²) in [6.45, 7) is 0. The highest BCUT2D eigenvalue weighted by atomic mass is 16.3. The Hall–Kier alpha value is -7.63. The summed E-state index contributed by atoms with van der Waals surface area (Å²) in [7, 11) is 0. The maximum Gasteiger partial charge on any atom is 0.165 e. The van der Waals surface area contributed by atoms with Crippen molar-refractivity contribution in [3.8, 4) is 45.3 Å². The zero-order valence-electron chi connectivity index (χ0n) is 30.0. The van der Waals surface area contributed by atoms with E-state index in [9.17, 15) is 0 Å². The molecule has 0 bridgehead atoms. The van der Waals surface area contributed by atoms with Crippen molar-refractivity contribution in [2.24, 2.45) is 0 Å². The molecule has 3 aromatic heterocycles. The Bertz CT molecular complexity index is 3540. The molecule has 0 atom stereocenters. The molecule has 0 fully saturated rings. The van der Waals surface area contributed by atoms with Crippen LogP contribution in [0.15, 0.2) is 180 Å². The van der Waals surface area contributed by atoms with E-state index >= 15 is 0 Å². The summed E-state index contributed by atoms with van der Waals surface area (Å²) in [6.07, 6.45) is 0. The Balaban J connectivity index is 1.16. The predicted molar refractivity (Wildman–Crippen MR) is 231 cm³/mol. The molecule has 0 saturated carbocycles. The topological polar surface area (TPSA) is 67.6 Å². The van der Waals surface area contributed by atoms with Gasteiger partial charge in [-0.05, 0) is 79.8 Å². The number of hydrogen-bond donors (Lipinski definition) is 1. The van der Waals surface area contributed by atoms with E-state index in [1.165, 1.54) is 26.9 Å². The lowest BCUT2D eigenvalue weighted by molar-refractivity contribution is 0.669. The predicted octanol–water partition coefficient (Wildman–Crippen LogP) is 13.5. The van der Waals surface area contributed by atoms with Gasteiger partial charge >= 0.3 is 0 Å². The first-order chi connectivity index (χ1) is 27.7. The van der Waals surface area contributed by atoms with Crippen molar-refractivity contribution in [3.63, 3.8) is 0 Å². The number of fused-ring (bicyclic) bond motifs is 11. The van der Waals surface area contributed by atoms with Gasteiger partial charge < -0.3 is 9.40 Å². The minimum Gasteiger partial charge on any atom is -0.456 e. The van der Waals surface area contributed by atoms with E-state index in [1.54, 1.807) is 0 Å². The Labute approximate surface area is 320 Å². The average Bonchev–Trinajstić information content (AvgIpc) is 3.84. The second kappa shape index (κ2) is 11.9. The average molecular weight is 715 g/mol. The SMILES string of the molecule is c1ccc(-c2ccc3oc4ccccc4c3c2-c2nc(-c3ccc4c(ccc5c6ccccc6ccc45)c3)nc(-c3cccc4[nH]c5ccccc5c34)n2)cc1. The Kier molecular flexibility index (Phi) is 6.56. The number of rotatable bonds is 4. The molecule has 0 aliphatic rings. The zero-order valence-corrected chi connectivity index (χ0v) is 30.0. The van der Waals surface area contributed by atoms with Crippen molar-refractivity contribution < 1.29 is 4.42 Å². The molecule has 0 unspecified atom stereocenters. The minimum atomic E-state index is 0.586. The van der Waals surface area contributed by atoms with Gasteiger partial charge in [-0.15, -0.1) is 0 Å². The quantitative estimate of drug-likeness (QED) is 0.184. The van der Waals surface area contributed by atoms with Gasteiger partial charge in [0.05, 0.1) is 0 Å². The van der Waals surface area contributed by atoms with Gasteiger partial charge in [-0.25, -0.2) is 15.0 Å². The van der Waals surface area contributed by atoms with Gasteiger partial charge in [0, 0.05) is 49.3 Å². The summed E-state index contributed by atoms with van der Waals surface area (Å²) >= 11 is 0. The van der Waals surface area contributed by atoms with E-state index in [0.717, 1.165) is 76.9 Å². The smallest absolute Gasteiger partial charge is 0.165 e. The van der Waals surface area contributed by atoms with Gasteiger partial charge in [0.2, 0.25) is 0 Å². The standard InChI is InChI=1S/C51H30N4O/c1-2-11-30(12-3-1)36-27-28-45-47(40-16-7-9-20-44(40)56-45)48(36)51-54-49(53-50(55-51)41-17-10-19-43-46(41)39-15-6-8-18-42(39)52-43)33-23-24-35-32(29-33)22-26-37-34-14-5-4-13-31(34)21-25-38(35)37/h1-29,52H. The van der Waals surface area contributed by atoms with Crippen LogP contribution in [0.3, 0.4) is 0 Å². The maximum absolute atomic E-state index is 6.47. The second-order valence-corrected chi connectivity index (χ2v) is 14.4. The van der Waals surface area contributed by atoms with E-state index in [1.807, 2.05) is 18.2 Å². The van der Waals surface area contributed by atoms with Crippen LogP contribution in [0.1, 0.15) is 0 Å². The monoisotopic (exact) mass is 714 g/mol. The highest BCUT2D eigenvalue weighted by Crippen LogP contribution is 2.43. The number of aromatic amines is 1. The van der Waals surface area contributed by atoms with E-state index < -0.39 is 0 Å². The number of nitrogens with one attached hydrogen (secondary N) is 1. The van der Waals surface area contributed by atoms with Crippen LogP contribution >= 0.6 is 0 Å². The van der Waals surface area contributed by atoms with Gasteiger partial charge in [0.25, 0.3) is 0 Å². The lowest BCUT2D eigenvalue weighted by atomic mass is 9.94.